The Balaban J connectivity index is 1.79. The lowest BCUT2D eigenvalue weighted by Crippen LogP contribution is -2.46. The molecular weight excluding hydrogens is 282 g/mol. The highest BCUT2D eigenvalue weighted by Crippen LogP contribution is 2.49. The lowest BCUT2D eigenvalue weighted by atomic mass is 9.66. The summed E-state index contributed by atoms with van der Waals surface area (Å²) < 4.78 is 6.41. The van der Waals surface area contributed by atoms with E-state index >= 15 is 0 Å². The van der Waals surface area contributed by atoms with E-state index in [0.717, 1.165) is 41.5 Å². The predicted octanol–water partition coefficient (Wildman–Crippen LogP) is 5.10. The fraction of sp³-hybridized carbons (Fsp3) is 0.667. The van der Waals surface area contributed by atoms with Gasteiger partial charge in [-0.1, -0.05) is 32.4 Å². The molecule has 1 heterocycles. The van der Waals surface area contributed by atoms with E-state index in [-0.39, 0.29) is 11.6 Å². The Morgan fingerprint density at radius 3 is 2.52 bits per heavy atom. The summed E-state index contributed by atoms with van der Waals surface area (Å²) >= 11 is 6.08. The van der Waals surface area contributed by atoms with Crippen LogP contribution in [0.5, 0.6) is 5.75 Å². The second-order valence-electron chi connectivity index (χ2n) is 7.92. The fourth-order valence-electron chi connectivity index (χ4n) is 4.00. The number of nitrogens with two attached hydrogens (primary N) is 1. The molecule has 0 aromatic heterocycles. The topological polar surface area (TPSA) is 35.2 Å². The summed E-state index contributed by atoms with van der Waals surface area (Å²) in [5, 5.41) is 0.736. The fourth-order valence-corrected chi connectivity index (χ4v) is 4.18. The van der Waals surface area contributed by atoms with Crippen LogP contribution in [0.25, 0.3) is 0 Å². The van der Waals surface area contributed by atoms with Crippen molar-refractivity contribution < 1.29 is 4.74 Å². The van der Waals surface area contributed by atoms with Crippen LogP contribution in [0.2, 0.25) is 5.02 Å². The van der Waals surface area contributed by atoms with Gasteiger partial charge in [-0.05, 0) is 55.2 Å². The Bertz CT molecular complexity index is 527. The zero-order valence-electron chi connectivity index (χ0n) is 13.3. The maximum atomic E-state index is 6.41. The van der Waals surface area contributed by atoms with Crippen molar-refractivity contribution >= 4 is 11.6 Å². The number of hydrogen-bond acceptors (Lipinski definition) is 2. The minimum atomic E-state index is -0.0536. The van der Waals surface area contributed by atoms with Crippen LogP contribution in [0.1, 0.15) is 64.5 Å². The van der Waals surface area contributed by atoms with Crippen molar-refractivity contribution in [2.24, 2.45) is 17.1 Å². The average Bonchev–Trinajstić information content (AvgIpc) is 2.39. The van der Waals surface area contributed by atoms with Crippen molar-refractivity contribution in [3.05, 3.63) is 28.8 Å². The van der Waals surface area contributed by atoms with Crippen molar-refractivity contribution in [3.63, 3.8) is 0 Å². The molecule has 116 valence electrons. The molecule has 3 heteroatoms. The van der Waals surface area contributed by atoms with Gasteiger partial charge in [0.2, 0.25) is 0 Å². The Morgan fingerprint density at radius 1 is 1.24 bits per heavy atom. The van der Waals surface area contributed by atoms with Crippen LogP contribution >= 0.6 is 11.6 Å². The summed E-state index contributed by atoms with van der Waals surface area (Å²) in [5.74, 6) is 1.72. The number of ether oxygens (including phenoxy) is 1. The quantitative estimate of drug-likeness (QED) is 0.724. The molecule has 0 saturated heterocycles. The maximum Gasteiger partial charge on any atom is 0.125 e. The molecular formula is C18H26ClNO. The summed E-state index contributed by atoms with van der Waals surface area (Å²) in [4.78, 5) is 0. The van der Waals surface area contributed by atoms with Crippen LogP contribution in [0, 0.1) is 11.3 Å². The summed E-state index contributed by atoms with van der Waals surface area (Å²) in [6, 6.07) is 5.87. The SMILES string of the molecule is CC(C)(C)C1CCC2(CC1)C[C@@H](N)c1cc(Cl)ccc1O2. The Morgan fingerprint density at radius 2 is 1.90 bits per heavy atom. The molecule has 3 rings (SSSR count). The second-order valence-corrected chi connectivity index (χ2v) is 8.35. The van der Waals surface area contributed by atoms with Gasteiger partial charge in [-0.15, -0.1) is 0 Å². The molecule has 0 amide bonds. The molecule has 1 atom stereocenters. The monoisotopic (exact) mass is 307 g/mol. The summed E-state index contributed by atoms with van der Waals surface area (Å²) in [6.45, 7) is 7.04. The van der Waals surface area contributed by atoms with Gasteiger partial charge in [0.15, 0.2) is 0 Å². The van der Waals surface area contributed by atoms with Gasteiger partial charge in [-0.2, -0.15) is 0 Å². The molecule has 1 aliphatic carbocycles. The number of hydrogen-bond donors (Lipinski definition) is 1. The minimum absolute atomic E-state index is 0.0404. The van der Waals surface area contributed by atoms with Gasteiger partial charge in [0.25, 0.3) is 0 Å². The average molecular weight is 308 g/mol. The Hall–Kier alpha value is -0.730. The summed E-state index contributed by atoms with van der Waals surface area (Å²) in [6.07, 6.45) is 5.62. The Labute approximate surface area is 133 Å². The standard InChI is InChI=1S/C18H26ClNO/c1-17(2,3)12-6-8-18(9-7-12)11-15(20)14-10-13(19)4-5-16(14)21-18/h4-5,10,12,15H,6-9,11,20H2,1-3H3/t12?,15-,18?/m1/s1. The van der Waals surface area contributed by atoms with E-state index in [1.807, 2.05) is 18.2 Å². The first-order valence-electron chi connectivity index (χ1n) is 8.03. The van der Waals surface area contributed by atoms with Crippen LogP contribution in [-0.4, -0.2) is 5.60 Å². The van der Waals surface area contributed by atoms with Crippen molar-refractivity contribution in [2.75, 3.05) is 0 Å². The van der Waals surface area contributed by atoms with Crippen molar-refractivity contribution in [2.45, 2.75) is 64.5 Å². The second kappa shape index (κ2) is 5.17. The number of benzene rings is 1. The summed E-state index contributed by atoms with van der Waals surface area (Å²) in [5.41, 5.74) is 7.80. The molecule has 21 heavy (non-hydrogen) atoms. The molecule has 1 fully saturated rings. The van der Waals surface area contributed by atoms with Crippen molar-refractivity contribution in [3.8, 4) is 5.75 Å². The first-order chi connectivity index (χ1) is 9.79. The molecule has 2 nitrogen and oxygen atoms in total. The lowest BCUT2D eigenvalue weighted by Gasteiger charge is -2.47. The van der Waals surface area contributed by atoms with Gasteiger partial charge in [0.05, 0.1) is 0 Å². The molecule has 2 N–H and O–H groups in total. The molecule has 0 radical (unpaired) electrons. The molecule has 1 spiro atoms. The molecule has 0 unspecified atom stereocenters. The molecule has 2 aliphatic rings. The highest BCUT2D eigenvalue weighted by atomic mass is 35.5. The van der Waals surface area contributed by atoms with E-state index in [0.29, 0.717) is 5.41 Å². The maximum absolute atomic E-state index is 6.41. The molecule has 1 aliphatic heterocycles. The van der Waals surface area contributed by atoms with Crippen LogP contribution < -0.4 is 10.5 Å². The third-order valence-electron chi connectivity index (χ3n) is 5.41. The first-order valence-corrected chi connectivity index (χ1v) is 8.41. The first kappa shape index (κ1) is 15.2. The number of fused-ring (bicyclic) bond motifs is 1. The number of halogens is 1. The number of rotatable bonds is 0. The highest BCUT2D eigenvalue weighted by Gasteiger charge is 2.44. The van der Waals surface area contributed by atoms with E-state index in [1.54, 1.807) is 0 Å². The van der Waals surface area contributed by atoms with Gasteiger partial charge in [0, 0.05) is 23.0 Å². The van der Waals surface area contributed by atoms with Gasteiger partial charge in [-0.25, -0.2) is 0 Å². The van der Waals surface area contributed by atoms with E-state index < -0.39 is 0 Å². The molecule has 1 aromatic rings. The Kier molecular flexibility index (Phi) is 3.74. The summed E-state index contributed by atoms with van der Waals surface area (Å²) in [7, 11) is 0. The zero-order chi connectivity index (χ0) is 15.3. The van der Waals surface area contributed by atoms with Crippen molar-refractivity contribution in [1.29, 1.82) is 0 Å². The van der Waals surface area contributed by atoms with Crippen LogP contribution in [-0.2, 0) is 0 Å². The third-order valence-corrected chi connectivity index (χ3v) is 5.65. The normalized spacial score (nSPS) is 32.6. The van der Waals surface area contributed by atoms with Gasteiger partial charge >= 0.3 is 0 Å². The smallest absolute Gasteiger partial charge is 0.125 e. The van der Waals surface area contributed by atoms with Crippen LogP contribution in [0.3, 0.4) is 0 Å². The van der Waals surface area contributed by atoms with Gasteiger partial charge in [0.1, 0.15) is 11.4 Å². The van der Waals surface area contributed by atoms with Crippen molar-refractivity contribution in [1.82, 2.24) is 0 Å². The molecule has 0 bridgehead atoms. The molecule has 1 aromatic carbocycles. The lowest BCUT2D eigenvalue weighted by molar-refractivity contribution is -0.0254. The minimum Gasteiger partial charge on any atom is -0.487 e. The van der Waals surface area contributed by atoms with E-state index in [2.05, 4.69) is 20.8 Å². The largest absolute Gasteiger partial charge is 0.487 e. The molecule has 1 saturated carbocycles. The van der Waals surface area contributed by atoms with Crippen LogP contribution in [0.15, 0.2) is 18.2 Å². The van der Waals surface area contributed by atoms with Crippen LogP contribution in [0.4, 0.5) is 0 Å². The van der Waals surface area contributed by atoms with Gasteiger partial charge < -0.3 is 10.5 Å². The highest BCUT2D eigenvalue weighted by molar-refractivity contribution is 6.30. The van der Waals surface area contributed by atoms with E-state index in [9.17, 15) is 0 Å². The van der Waals surface area contributed by atoms with E-state index in [4.69, 9.17) is 22.1 Å². The predicted molar refractivity (Wildman–Crippen MR) is 87.8 cm³/mol. The van der Waals surface area contributed by atoms with Gasteiger partial charge in [-0.3, -0.25) is 0 Å². The van der Waals surface area contributed by atoms with E-state index in [1.165, 1.54) is 12.8 Å². The zero-order valence-corrected chi connectivity index (χ0v) is 14.0. The third kappa shape index (κ3) is 2.93.